The van der Waals surface area contributed by atoms with Gasteiger partial charge in [-0.15, -0.1) is 0 Å². The van der Waals surface area contributed by atoms with Crippen LogP contribution in [0.25, 0.3) is 0 Å². The topological polar surface area (TPSA) is 46.5 Å². The number of carbonyl (C=O) groups is 1. The predicted molar refractivity (Wildman–Crippen MR) is 54.9 cm³/mol. The van der Waals surface area contributed by atoms with Crippen molar-refractivity contribution in [1.82, 2.24) is 0 Å². The van der Waals surface area contributed by atoms with Crippen molar-refractivity contribution in [3.05, 3.63) is 0 Å². The number of thioether (sulfide) groups is 1. The van der Waals surface area contributed by atoms with E-state index in [0.29, 0.717) is 6.42 Å². The van der Waals surface area contributed by atoms with Gasteiger partial charge in [-0.1, -0.05) is 6.42 Å². The fraction of sp³-hybridized carbons (Fsp3) is 0.889. The molecule has 0 heterocycles. The van der Waals surface area contributed by atoms with E-state index in [-0.39, 0.29) is 12.6 Å². The molecule has 0 radical (unpaired) electrons. The number of hydrogen-bond acceptors (Lipinski definition) is 4. The van der Waals surface area contributed by atoms with Crippen LogP contribution in [0.5, 0.6) is 0 Å². The third kappa shape index (κ3) is 9.70. The summed E-state index contributed by atoms with van der Waals surface area (Å²) < 4.78 is 4.51. The molecule has 0 aliphatic heterocycles. The van der Waals surface area contributed by atoms with E-state index in [4.69, 9.17) is 5.11 Å². The van der Waals surface area contributed by atoms with Crippen molar-refractivity contribution in [3.8, 4) is 0 Å². The summed E-state index contributed by atoms with van der Waals surface area (Å²) >= 11 is 1.76. The monoisotopic (exact) mass is 206 g/mol. The molecule has 0 amide bonds. The van der Waals surface area contributed by atoms with E-state index >= 15 is 0 Å². The van der Waals surface area contributed by atoms with Crippen LogP contribution in [0.15, 0.2) is 0 Å². The minimum atomic E-state index is -0.136. The summed E-state index contributed by atoms with van der Waals surface area (Å²) in [6.07, 6.45) is 3.58. The standard InChI is InChI=1S/C9H18O3S/c1-12-9(11)5-8-13-7-4-2-3-6-10/h10H,2-8H2,1H3. The number of unbranched alkanes of at least 4 members (excludes halogenated alkanes) is 2. The SMILES string of the molecule is COC(=O)CCSCCCCCO. The molecule has 0 aliphatic carbocycles. The van der Waals surface area contributed by atoms with Crippen molar-refractivity contribution < 1.29 is 14.6 Å². The van der Waals surface area contributed by atoms with Gasteiger partial charge in [-0.2, -0.15) is 11.8 Å². The molecule has 0 fully saturated rings. The Labute approximate surface area is 83.9 Å². The van der Waals surface area contributed by atoms with E-state index in [2.05, 4.69) is 4.74 Å². The number of rotatable bonds is 8. The Balaban J connectivity index is 2.95. The summed E-state index contributed by atoms with van der Waals surface area (Å²) in [5, 5.41) is 8.51. The van der Waals surface area contributed by atoms with Crippen LogP contribution in [-0.4, -0.2) is 36.3 Å². The first-order valence-corrected chi connectivity index (χ1v) is 5.72. The summed E-state index contributed by atoms with van der Waals surface area (Å²) in [6, 6.07) is 0. The van der Waals surface area contributed by atoms with Crippen LogP contribution < -0.4 is 0 Å². The highest BCUT2D eigenvalue weighted by Crippen LogP contribution is 2.07. The normalized spacial score (nSPS) is 10.0. The average Bonchev–Trinajstić information content (AvgIpc) is 2.16. The molecule has 0 aromatic heterocycles. The van der Waals surface area contributed by atoms with Gasteiger partial charge >= 0.3 is 5.97 Å². The second-order valence-corrected chi connectivity index (χ2v) is 3.95. The molecule has 13 heavy (non-hydrogen) atoms. The molecule has 3 nitrogen and oxygen atoms in total. The Kier molecular flexibility index (Phi) is 9.70. The molecule has 0 bridgehead atoms. The second kappa shape index (κ2) is 9.86. The van der Waals surface area contributed by atoms with Crippen molar-refractivity contribution in [2.75, 3.05) is 25.2 Å². The number of carbonyl (C=O) groups excluding carboxylic acids is 1. The van der Waals surface area contributed by atoms with Crippen LogP contribution in [0, 0.1) is 0 Å². The predicted octanol–water partition coefficient (Wildman–Crippen LogP) is 1.45. The third-order valence-electron chi connectivity index (χ3n) is 1.62. The smallest absolute Gasteiger partial charge is 0.306 e. The Bertz CT molecular complexity index is 128. The summed E-state index contributed by atoms with van der Waals surface area (Å²) in [5.74, 6) is 1.77. The molecule has 0 atom stereocenters. The van der Waals surface area contributed by atoms with Crippen LogP contribution >= 0.6 is 11.8 Å². The Morgan fingerprint density at radius 3 is 2.69 bits per heavy atom. The van der Waals surface area contributed by atoms with Crippen molar-refractivity contribution in [2.45, 2.75) is 25.7 Å². The molecule has 1 N–H and O–H groups in total. The molecular formula is C9H18O3S. The molecule has 0 saturated heterocycles. The first kappa shape index (κ1) is 12.8. The Hall–Kier alpha value is -0.220. The van der Waals surface area contributed by atoms with Gasteiger partial charge in [0.05, 0.1) is 13.5 Å². The van der Waals surface area contributed by atoms with Gasteiger partial charge in [0.1, 0.15) is 0 Å². The maximum Gasteiger partial charge on any atom is 0.306 e. The number of aliphatic hydroxyl groups excluding tert-OH is 1. The highest BCUT2D eigenvalue weighted by molar-refractivity contribution is 7.99. The number of methoxy groups -OCH3 is 1. The quantitative estimate of drug-likeness (QED) is 0.482. The average molecular weight is 206 g/mol. The second-order valence-electron chi connectivity index (χ2n) is 2.72. The van der Waals surface area contributed by atoms with Gasteiger partial charge in [0.25, 0.3) is 0 Å². The lowest BCUT2D eigenvalue weighted by molar-refractivity contribution is -0.140. The maximum atomic E-state index is 10.7. The summed E-state index contributed by atoms with van der Waals surface area (Å²) in [7, 11) is 1.41. The molecule has 78 valence electrons. The van der Waals surface area contributed by atoms with Gasteiger partial charge < -0.3 is 9.84 Å². The summed E-state index contributed by atoms with van der Waals surface area (Å²) in [6.45, 7) is 0.285. The number of aliphatic hydroxyl groups is 1. The van der Waals surface area contributed by atoms with E-state index in [9.17, 15) is 4.79 Å². The molecular weight excluding hydrogens is 188 g/mol. The molecule has 0 aliphatic rings. The largest absolute Gasteiger partial charge is 0.469 e. The first-order chi connectivity index (χ1) is 6.31. The van der Waals surface area contributed by atoms with E-state index in [0.717, 1.165) is 30.8 Å². The van der Waals surface area contributed by atoms with Crippen LogP contribution in [-0.2, 0) is 9.53 Å². The van der Waals surface area contributed by atoms with Crippen molar-refractivity contribution >= 4 is 17.7 Å². The minimum absolute atomic E-state index is 0.136. The number of hydrogen-bond donors (Lipinski definition) is 1. The third-order valence-corrected chi connectivity index (χ3v) is 2.70. The molecule has 0 aromatic carbocycles. The lowest BCUT2D eigenvalue weighted by Crippen LogP contribution is -2.01. The van der Waals surface area contributed by atoms with Crippen molar-refractivity contribution in [3.63, 3.8) is 0 Å². The Morgan fingerprint density at radius 2 is 2.08 bits per heavy atom. The first-order valence-electron chi connectivity index (χ1n) is 4.56. The summed E-state index contributed by atoms with van der Waals surface area (Å²) in [5.41, 5.74) is 0. The highest BCUT2D eigenvalue weighted by Gasteiger charge is 1.98. The van der Waals surface area contributed by atoms with Crippen LogP contribution in [0.1, 0.15) is 25.7 Å². The van der Waals surface area contributed by atoms with Crippen molar-refractivity contribution in [1.29, 1.82) is 0 Å². The van der Waals surface area contributed by atoms with Gasteiger partial charge in [0.2, 0.25) is 0 Å². The lowest BCUT2D eigenvalue weighted by Gasteiger charge is -2.00. The van der Waals surface area contributed by atoms with Gasteiger partial charge in [0.15, 0.2) is 0 Å². The zero-order valence-corrected chi connectivity index (χ0v) is 8.94. The molecule has 0 rings (SSSR count). The molecule has 0 spiro atoms. The molecule has 4 heteroatoms. The molecule has 0 unspecified atom stereocenters. The maximum absolute atomic E-state index is 10.7. The zero-order chi connectivity index (χ0) is 9.94. The minimum Gasteiger partial charge on any atom is -0.469 e. The van der Waals surface area contributed by atoms with Gasteiger partial charge in [-0.05, 0) is 18.6 Å². The number of ether oxygens (including phenoxy) is 1. The van der Waals surface area contributed by atoms with E-state index < -0.39 is 0 Å². The van der Waals surface area contributed by atoms with E-state index in [1.54, 1.807) is 11.8 Å². The summed E-state index contributed by atoms with van der Waals surface area (Å²) in [4.78, 5) is 10.7. The molecule has 0 aromatic rings. The zero-order valence-electron chi connectivity index (χ0n) is 8.12. The van der Waals surface area contributed by atoms with Crippen LogP contribution in [0.3, 0.4) is 0 Å². The van der Waals surface area contributed by atoms with E-state index in [1.807, 2.05) is 0 Å². The van der Waals surface area contributed by atoms with Gasteiger partial charge in [-0.25, -0.2) is 0 Å². The van der Waals surface area contributed by atoms with Crippen molar-refractivity contribution in [2.24, 2.45) is 0 Å². The van der Waals surface area contributed by atoms with E-state index in [1.165, 1.54) is 7.11 Å². The molecule has 0 saturated carbocycles. The highest BCUT2D eigenvalue weighted by atomic mass is 32.2. The fourth-order valence-electron chi connectivity index (χ4n) is 0.852. The van der Waals surface area contributed by atoms with Gasteiger partial charge in [-0.3, -0.25) is 4.79 Å². The van der Waals surface area contributed by atoms with Gasteiger partial charge in [0, 0.05) is 12.4 Å². The van der Waals surface area contributed by atoms with Crippen LogP contribution in [0.4, 0.5) is 0 Å². The number of esters is 1. The fourth-order valence-corrected chi connectivity index (χ4v) is 1.78. The lowest BCUT2D eigenvalue weighted by atomic mass is 10.3. The van der Waals surface area contributed by atoms with Crippen LogP contribution in [0.2, 0.25) is 0 Å². The Morgan fingerprint density at radius 1 is 1.31 bits per heavy atom.